The summed E-state index contributed by atoms with van der Waals surface area (Å²) < 4.78 is 10.1. The summed E-state index contributed by atoms with van der Waals surface area (Å²) in [5, 5.41) is 39.9. The van der Waals surface area contributed by atoms with Gasteiger partial charge in [0, 0.05) is 47.6 Å². The van der Waals surface area contributed by atoms with Gasteiger partial charge in [-0.05, 0) is 120 Å². The number of pyridine rings is 1. The lowest BCUT2D eigenvalue weighted by Crippen LogP contribution is -2.64. The molecule has 4 bridgehead atoms. The smallest absolute Gasteiger partial charge is 0.196 e. The lowest BCUT2D eigenvalue weighted by atomic mass is 9.39. The summed E-state index contributed by atoms with van der Waals surface area (Å²) in [6.45, 7) is 12.3. The first kappa shape index (κ1) is 36.6. The van der Waals surface area contributed by atoms with Crippen molar-refractivity contribution in [3.8, 4) is 11.1 Å². The third-order valence-corrected chi connectivity index (χ3v) is 13.8. The molecule has 1 aromatic carbocycles. The molecule has 5 aliphatic rings. The highest BCUT2D eigenvalue weighted by Gasteiger charge is 2.66. The fraction of sp³-hybridized carbons (Fsp3) is 0.548. The fourth-order valence-electron chi connectivity index (χ4n) is 11.8. The van der Waals surface area contributed by atoms with Crippen molar-refractivity contribution in [1.29, 1.82) is 0 Å². The van der Waals surface area contributed by atoms with E-state index in [1.807, 2.05) is 41.4 Å². The molecule has 4 aromatic heterocycles. The molecule has 5 aromatic rings. The minimum atomic E-state index is -1.77. The third-order valence-electron chi connectivity index (χ3n) is 12.8. The molecule has 0 radical (unpaired) electrons. The second-order valence-corrected chi connectivity index (χ2v) is 19.2. The van der Waals surface area contributed by atoms with E-state index >= 15 is 0 Å². The Bertz CT molecular complexity index is 2210. The lowest BCUT2D eigenvalue weighted by Gasteiger charge is -2.69. The molecule has 12 nitrogen and oxygen atoms in total. The van der Waals surface area contributed by atoms with Crippen molar-refractivity contribution in [3.05, 3.63) is 65.1 Å². The van der Waals surface area contributed by atoms with Gasteiger partial charge in [-0.3, -0.25) is 4.68 Å². The maximum atomic E-state index is 10.7. The maximum Gasteiger partial charge on any atom is 0.196 e. The average Bonchev–Trinajstić information content (AvgIpc) is 3.69. The van der Waals surface area contributed by atoms with Crippen molar-refractivity contribution >= 4 is 44.1 Å². The van der Waals surface area contributed by atoms with Crippen molar-refractivity contribution in [2.45, 2.75) is 97.5 Å². The Morgan fingerprint density at radius 1 is 0.945 bits per heavy atom. The van der Waals surface area contributed by atoms with Gasteiger partial charge in [0.2, 0.25) is 0 Å². The van der Waals surface area contributed by atoms with E-state index in [-0.39, 0.29) is 27.5 Å². The molecule has 0 saturated heterocycles. The van der Waals surface area contributed by atoms with E-state index in [1.165, 1.54) is 19.3 Å². The topological polar surface area (TPSA) is 138 Å². The van der Waals surface area contributed by atoms with Crippen molar-refractivity contribution in [3.63, 3.8) is 0 Å². The van der Waals surface area contributed by atoms with Gasteiger partial charge in [-0.2, -0.15) is 5.10 Å². The van der Waals surface area contributed by atoms with Crippen LogP contribution in [0.4, 0.5) is 22.6 Å². The van der Waals surface area contributed by atoms with Crippen LogP contribution in [0.1, 0.15) is 87.6 Å². The molecule has 290 valence electrons. The highest BCUT2D eigenvalue weighted by atomic mass is 32.1. The normalized spacial score (nSPS) is 27.1. The summed E-state index contributed by atoms with van der Waals surface area (Å²) in [6, 6.07) is 12.0. The van der Waals surface area contributed by atoms with E-state index in [0.717, 1.165) is 95.4 Å². The van der Waals surface area contributed by atoms with Gasteiger partial charge in [0.1, 0.15) is 11.5 Å². The van der Waals surface area contributed by atoms with E-state index in [0.29, 0.717) is 23.7 Å². The number of hydrogen-bond donors (Lipinski definition) is 3. The number of likely N-dealkylation sites (N-methyl/N-ethyl adjacent to an activating group) is 1. The monoisotopic (exact) mass is 763 g/mol. The highest BCUT2D eigenvalue weighted by molar-refractivity contribution is 7.22. The van der Waals surface area contributed by atoms with Crippen LogP contribution in [0.5, 0.6) is 0 Å². The van der Waals surface area contributed by atoms with Crippen LogP contribution in [0.3, 0.4) is 0 Å². The van der Waals surface area contributed by atoms with Gasteiger partial charge < -0.3 is 30.1 Å². The number of nitrogens with zero attached hydrogens (tertiary/aromatic N) is 8. The van der Waals surface area contributed by atoms with Crippen LogP contribution in [-0.2, 0) is 17.7 Å². The van der Waals surface area contributed by atoms with Crippen LogP contribution in [0.15, 0.2) is 42.6 Å². The number of aliphatic hydroxyl groups is 2. The minimum absolute atomic E-state index is 0.0868. The zero-order chi connectivity index (χ0) is 38.3. The van der Waals surface area contributed by atoms with E-state index in [2.05, 4.69) is 73.0 Å². The number of anilines is 4. The van der Waals surface area contributed by atoms with Gasteiger partial charge in [0.05, 0.1) is 28.6 Å². The van der Waals surface area contributed by atoms with Gasteiger partial charge >= 0.3 is 0 Å². The molecule has 10 rings (SSSR count). The van der Waals surface area contributed by atoms with Gasteiger partial charge in [0.25, 0.3) is 0 Å². The average molecular weight is 764 g/mol. The summed E-state index contributed by atoms with van der Waals surface area (Å²) in [5.74, 6) is 2.03. The van der Waals surface area contributed by atoms with Crippen LogP contribution in [0.25, 0.3) is 21.3 Å². The number of para-hydroxylation sites is 1. The molecule has 13 heteroatoms. The van der Waals surface area contributed by atoms with Crippen molar-refractivity contribution in [2.75, 3.05) is 44.0 Å². The number of fused-ring (bicyclic) bond motifs is 2. The minimum Gasteiger partial charge on any atom is -0.374 e. The molecule has 5 heterocycles. The van der Waals surface area contributed by atoms with Crippen LogP contribution in [-0.4, -0.2) is 84.5 Å². The SMILES string of the molecule is Cc1c(Nc2nc3ccccc3s2)nnc2c1CCCN2c1ccc(-c2cnn(CC34CC5(OCCN(C)C)C[C@](C)(C3)C[C@](C)(C4)C5)c2C)c(C(O)O)n1. The molecule has 4 atom stereocenters. The molecule has 55 heavy (non-hydrogen) atoms. The number of benzene rings is 1. The highest BCUT2D eigenvalue weighted by Crippen LogP contribution is 2.72. The van der Waals surface area contributed by atoms with Gasteiger partial charge in [-0.25, -0.2) is 9.97 Å². The van der Waals surface area contributed by atoms with E-state index in [1.54, 1.807) is 11.3 Å². The summed E-state index contributed by atoms with van der Waals surface area (Å²) in [5.41, 5.74) is 6.31. The second-order valence-electron chi connectivity index (χ2n) is 18.1. The Morgan fingerprint density at radius 3 is 2.47 bits per heavy atom. The molecule has 1 aliphatic heterocycles. The number of rotatable bonds is 11. The van der Waals surface area contributed by atoms with Crippen molar-refractivity contribution in [2.24, 2.45) is 16.2 Å². The Balaban J connectivity index is 0.983. The van der Waals surface area contributed by atoms with Crippen molar-refractivity contribution < 1.29 is 14.9 Å². The summed E-state index contributed by atoms with van der Waals surface area (Å²) in [4.78, 5) is 13.9. The first-order chi connectivity index (χ1) is 26.2. The largest absolute Gasteiger partial charge is 0.374 e. The molecular formula is C42H53N9O3S. The maximum absolute atomic E-state index is 10.7. The van der Waals surface area contributed by atoms with Crippen LogP contribution in [0, 0.1) is 30.1 Å². The molecule has 4 saturated carbocycles. The first-order valence-corrected chi connectivity index (χ1v) is 20.5. The third kappa shape index (κ3) is 6.61. The van der Waals surface area contributed by atoms with Gasteiger partial charge in [-0.15, -0.1) is 10.2 Å². The molecule has 2 unspecified atom stereocenters. The summed E-state index contributed by atoms with van der Waals surface area (Å²) in [7, 11) is 4.22. The Labute approximate surface area is 327 Å². The van der Waals surface area contributed by atoms with E-state index < -0.39 is 6.29 Å². The Kier molecular flexibility index (Phi) is 8.85. The number of aliphatic hydroxyl groups excluding tert-OH is 1. The van der Waals surface area contributed by atoms with Crippen LogP contribution in [0.2, 0.25) is 0 Å². The number of thiazole rings is 1. The quantitative estimate of drug-likeness (QED) is 0.116. The Hall–Kier alpha value is -4.01. The molecule has 4 aliphatic carbocycles. The number of aromatic nitrogens is 6. The fourth-order valence-corrected chi connectivity index (χ4v) is 12.6. The van der Waals surface area contributed by atoms with E-state index in [9.17, 15) is 10.2 Å². The molecule has 0 amide bonds. The number of nitrogens with one attached hydrogen (secondary N) is 1. The summed E-state index contributed by atoms with van der Waals surface area (Å²) >= 11 is 1.59. The summed E-state index contributed by atoms with van der Waals surface area (Å²) in [6.07, 6.45) is 8.81. The van der Waals surface area contributed by atoms with Gasteiger partial charge in [-0.1, -0.05) is 37.3 Å². The Morgan fingerprint density at radius 2 is 1.73 bits per heavy atom. The van der Waals surface area contributed by atoms with Gasteiger partial charge in [0.15, 0.2) is 23.1 Å². The molecule has 3 N–H and O–H groups in total. The number of ether oxygens (including phenoxy) is 1. The number of hydrogen-bond acceptors (Lipinski definition) is 12. The van der Waals surface area contributed by atoms with Crippen molar-refractivity contribution in [1.82, 2.24) is 34.8 Å². The molecule has 4 fully saturated rings. The predicted molar refractivity (Wildman–Crippen MR) is 216 cm³/mol. The van der Waals surface area contributed by atoms with Crippen LogP contribution < -0.4 is 10.2 Å². The van der Waals surface area contributed by atoms with E-state index in [4.69, 9.17) is 19.8 Å². The standard InChI is InChI=1S/C42H53N9O3S/c1-26-28-10-9-15-50(36(28)48-47-35(26)46-38-44-31-11-7-8-12-32(31)55-38)33-14-13-29(34(45-33)37(52)53)30-18-43-51(27(30)2)25-41-20-39(3)19-40(4,21-41)23-42(22-39,24-41)54-17-16-49(5)6/h7-8,11-14,18,37,52-53H,9-10,15-17,19-25H2,1-6H3,(H,44,46,47)/t39-,40+,41?,42?. The second kappa shape index (κ2) is 13.3. The van der Waals surface area contributed by atoms with Crippen LogP contribution >= 0.6 is 11.3 Å². The molecule has 0 spiro atoms. The zero-order valence-electron chi connectivity index (χ0n) is 32.9. The lowest BCUT2D eigenvalue weighted by molar-refractivity contribution is -0.248. The zero-order valence-corrected chi connectivity index (χ0v) is 33.7. The first-order valence-electron chi connectivity index (χ1n) is 19.7. The predicted octanol–water partition coefficient (Wildman–Crippen LogP) is 7.47. The molecular weight excluding hydrogens is 711 g/mol.